The highest BCUT2D eigenvalue weighted by molar-refractivity contribution is 7.47. The van der Waals surface area contributed by atoms with Crippen LogP contribution in [0.15, 0.2) is 109 Å². The zero-order valence-electron chi connectivity index (χ0n) is 54.7. The van der Waals surface area contributed by atoms with E-state index in [2.05, 4.69) is 123 Å². The molecule has 10 heteroatoms. The van der Waals surface area contributed by atoms with Gasteiger partial charge in [0.05, 0.1) is 33.8 Å². The van der Waals surface area contributed by atoms with Crippen LogP contribution in [0.1, 0.15) is 290 Å². The summed E-state index contributed by atoms with van der Waals surface area (Å²) >= 11 is 0. The van der Waals surface area contributed by atoms with Crippen LogP contribution in [0.25, 0.3) is 0 Å². The van der Waals surface area contributed by atoms with E-state index in [-0.39, 0.29) is 37.9 Å². The van der Waals surface area contributed by atoms with E-state index in [1.165, 1.54) is 148 Å². The van der Waals surface area contributed by atoms with E-state index >= 15 is 0 Å². The molecule has 2 N–H and O–H groups in total. The first kappa shape index (κ1) is 79.7. The SMILES string of the molecule is CC/C=C\C/C=C\C/C=C\C/C=C\C/C=C\CCCCCC(=O)NC(COP(=O)(O)OCC[N+](C)(C)C)C(/C=C\CCCCCCCCCCC)OC(=O)CCCCCCCCCCCCCCCC/C=C\C/C=C\C/C=C\CCCCC. The van der Waals surface area contributed by atoms with Crippen molar-refractivity contribution in [2.75, 3.05) is 40.9 Å². The molecule has 0 aromatic heterocycles. The first-order valence-corrected chi connectivity index (χ1v) is 35.7. The van der Waals surface area contributed by atoms with Gasteiger partial charge >= 0.3 is 13.8 Å². The Morgan fingerprint density at radius 3 is 1.19 bits per heavy atom. The molecule has 0 saturated carbocycles. The number of ether oxygens (including phenoxy) is 1. The number of phosphoric acid groups is 1. The van der Waals surface area contributed by atoms with Crippen molar-refractivity contribution in [3.8, 4) is 0 Å². The number of esters is 1. The molecule has 0 rings (SSSR count). The second kappa shape index (κ2) is 61.7. The van der Waals surface area contributed by atoms with Crippen molar-refractivity contribution in [1.29, 1.82) is 0 Å². The standard InChI is InChI=1S/C73H129N2O7P/c1-7-10-13-16-19-22-25-27-29-31-33-34-35-36-37-38-39-40-42-44-46-48-51-54-57-60-63-66-73(77)82-71(64-61-58-55-52-49-24-21-18-15-12-9-3)70(69-81-83(78,79)80-68-67-75(4,5)6)74-72(76)65-62-59-56-53-50-47-45-43-41-32-30-28-26-23-20-17-14-11-8-2/h11,14,19-20,22-23,27-30,33-34,41,43,47,50,61,64,70-71H,7-10,12-13,15-18,21,24-26,31-32,35-40,42,44-46,48-49,51-60,62-63,65-69H2,1-6H3,(H-,74,76,78,79)/p+1/b14-11-,22-19-,23-20-,29-27-,30-28-,34-33-,43-41-,50-47-,64-61-. The Hall–Kier alpha value is -3.33. The molecule has 0 aliphatic carbocycles. The summed E-state index contributed by atoms with van der Waals surface area (Å²) in [5.41, 5.74) is 0. The third-order valence-corrected chi connectivity index (χ3v) is 15.7. The Labute approximate surface area is 512 Å². The first-order valence-electron chi connectivity index (χ1n) is 34.2. The maximum Gasteiger partial charge on any atom is 0.472 e. The lowest BCUT2D eigenvalue weighted by Gasteiger charge is -2.27. The molecule has 83 heavy (non-hydrogen) atoms. The molecule has 0 aromatic carbocycles. The van der Waals surface area contributed by atoms with Crippen LogP contribution >= 0.6 is 7.82 Å². The van der Waals surface area contributed by atoms with E-state index in [1.807, 2.05) is 33.3 Å². The predicted molar refractivity (Wildman–Crippen MR) is 360 cm³/mol. The summed E-state index contributed by atoms with van der Waals surface area (Å²) in [6, 6.07) is -0.872. The summed E-state index contributed by atoms with van der Waals surface area (Å²) in [4.78, 5) is 37.8. The highest BCUT2D eigenvalue weighted by atomic mass is 31.2. The van der Waals surface area contributed by atoms with Gasteiger partial charge in [-0.3, -0.25) is 18.6 Å². The van der Waals surface area contributed by atoms with Crippen molar-refractivity contribution in [3.05, 3.63) is 109 Å². The molecule has 0 radical (unpaired) electrons. The van der Waals surface area contributed by atoms with Gasteiger partial charge in [-0.25, -0.2) is 4.57 Å². The Morgan fingerprint density at radius 1 is 0.434 bits per heavy atom. The van der Waals surface area contributed by atoms with Gasteiger partial charge < -0.3 is 19.4 Å². The number of nitrogens with zero attached hydrogens (tertiary/aromatic N) is 1. The molecule has 3 atom stereocenters. The molecule has 0 fully saturated rings. The first-order chi connectivity index (χ1) is 40.4. The number of hydrogen-bond donors (Lipinski definition) is 2. The Bertz CT molecular complexity index is 1790. The number of phosphoric ester groups is 1. The van der Waals surface area contributed by atoms with Gasteiger partial charge in [-0.1, -0.05) is 272 Å². The molecule has 3 unspecified atom stereocenters. The van der Waals surface area contributed by atoms with Gasteiger partial charge in [-0.15, -0.1) is 0 Å². The number of carbonyl (C=O) groups is 2. The minimum absolute atomic E-state index is 0.0289. The maximum absolute atomic E-state index is 13.6. The van der Waals surface area contributed by atoms with Gasteiger partial charge in [-0.05, 0) is 115 Å². The molecular weight excluding hydrogens is 1050 g/mol. The van der Waals surface area contributed by atoms with E-state index < -0.39 is 20.0 Å². The molecular formula is C73H130N2O7P+. The Morgan fingerprint density at radius 2 is 0.771 bits per heavy atom. The van der Waals surface area contributed by atoms with Crippen molar-refractivity contribution in [1.82, 2.24) is 5.32 Å². The Balaban J connectivity index is 5.08. The summed E-state index contributed by atoms with van der Waals surface area (Å²) in [5.74, 6) is -0.544. The normalized spacial score (nSPS) is 14.3. The second-order valence-electron chi connectivity index (χ2n) is 24.0. The van der Waals surface area contributed by atoms with Crippen molar-refractivity contribution in [2.24, 2.45) is 0 Å². The number of allylic oxidation sites excluding steroid dienone is 17. The average molecular weight is 1180 g/mol. The molecule has 9 nitrogen and oxygen atoms in total. The van der Waals surface area contributed by atoms with Crippen LogP contribution in [0.2, 0.25) is 0 Å². The predicted octanol–water partition coefficient (Wildman–Crippen LogP) is 21.7. The number of unbranched alkanes of at least 4 members (excludes halogenated alkanes) is 29. The van der Waals surface area contributed by atoms with Gasteiger partial charge in [0.1, 0.15) is 19.3 Å². The van der Waals surface area contributed by atoms with Crippen LogP contribution in [0, 0.1) is 0 Å². The highest BCUT2D eigenvalue weighted by Crippen LogP contribution is 2.43. The summed E-state index contributed by atoms with van der Waals surface area (Å²) < 4.78 is 30.7. The minimum Gasteiger partial charge on any atom is -0.456 e. The molecule has 0 aliphatic heterocycles. The quantitative estimate of drug-likeness (QED) is 0.0205. The van der Waals surface area contributed by atoms with Crippen LogP contribution in [-0.4, -0.2) is 74.3 Å². The number of amides is 1. The summed E-state index contributed by atoms with van der Waals surface area (Å²) in [6.45, 7) is 6.85. The molecule has 1 amide bonds. The number of quaternary nitrogens is 1. The number of nitrogens with one attached hydrogen (secondary N) is 1. The van der Waals surface area contributed by atoms with E-state index in [0.29, 0.717) is 17.4 Å². The monoisotopic (exact) mass is 1180 g/mol. The average Bonchev–Trinajstić information content (AvgIpc) is 3.52. The van der Waals surface area contributed by atoms with Gasteiger partial charge in [-0.2, -0.15) is 0 Å². The van der Waals surface area contributed by atoms with Crippen molar-refractivity contribution in [3.63, 3.8) is 0 Å². The van der Waals surface area contributed by atoms with E-state index in [0.717, 1.165) is 103 Å². The molecule has 0 bridgehead atoms. The lowest BCUT2D eigenvalue weighted by molar-refractivity contribution is -0.870. The largest absolute Gasteiger partial charge is 0.472 e. The van der Waals surface area contributed by atoms with Crippen LogP contribution in [0.5, 0.6) is 0 Å². The Kier molecular flexibility index (Phi) is 59.3. The van der Waals surface area contributed by atoms with Crippen molar-refractivity contribution in [2.45, 2.75) is 303 Å². The lowest BCUT2D eigenvalue weighted by Crippen LogP contribution is -2.47. The fraction of sp³-hybridized carbons (Fsp3) is 0.726. The van der Waals surface area contributed by atoms with Crippen LogP contribution in [0.3, 0.4) is 0 Å². The molecule has 0 aliphatic rings. The van der Waals surface area contributed by atoms with Crippen molar-refractivity contribution >= 4 is 19.7 Å². The molecule has 0 aromatic rings. The smallest absolute Gasteiger partial charge is 0.456 e. The third-order valence-electron chi connectivity index (χ3n) is 14.7. The zero-order valence-corrected chi connectivity index (χ0v) is 55.6. The van der Waals surface area contributed by atoms with Crippen LogP contribution in [0.4, 0.5) is 0 Å². The van der Waals surface area contributed by atoms with Crippen LogP contribution < -0.4 is 5.32 Å². The summed E-state index contributed by atoms with van der Waals surface area (Å²) in [5, 5.41) is 3.04. The zero-order chi connectivity index (χ0) is 60.7. The highest BCUT2D eigenvalue weighted by Gasteiger charge is 2.30. The van der Waals surface area contributed by atoms with E-state index in [9.17, 15) is 19.0 Å². The van der Waals surface area contributed by atoms with Crippen molar-refractivity contribution < 1.29 is 37.3 Å². The van der Waals surface area contributed by atoms with Gasteiger partial charge in [0.15, 0.2) is 0 Å². The van der Waals surface area contributed by atoms with Crippen LogP contribution in [-0.2, 0) is 27.9 Å². The second-order valence-corrected chi connectivity index (χ2v) is 25.4. The van der Waals surface area contributed by atoms with E-state index in [4.69, 9.17) is 13.8 Å². The summed E-state index contributed by atoms with van der Waals surface area (Å²) in [6.07, 6.45) is 85.3. The fourth-order valence-corrected chi connectivity index (χ4v) is 10.2. The number of carbonyl (C=O) groups excluding carboxylic acids is 2. The van der Waals surface area contributed by atoms with Gasteiger partial charge in [0, 0.05) is 12.8 Å². The molecule has 0 spiro atoms. The topological polar surface area (TPSA) is 111 Å². The van der Waals surface area contributed by atoms with Gasteiger partial charge in [0.25, 0.3) is 0 Å². The fourth-order valence-electron chi connectivity index (χ4n) is 9.44. The molecule has 0 saturated heterocycles. The minimum atomic E-state index is -4.47. The molecule has 0 heterocycles. The van der Waals surface area contributed by atoms with E-state index in [1.54, 1.807) is 0 Å². The number of likely N-dealkylation sites (N-methyl/N-ethyl adjacent to an activating group) is 1. The molecule has 478 valence electrons. The maximum atomic E-state index is 13.6. The number of rotatable bonds is 61. The lowest BCUT2D eigenvalue weighted by atomic mass is 10.0. The van der Waals surface area contributed by atoms with Gasteiger partial charge in [0.2, 0.25) is 5.91 Å². The number of hydrogen-bond acceptors (Lipinski definition) is 6. The third kappa shape index (κ3) is 63.0. The summed E-state index contributed by atoms with van der Waals surface area (Å²) in [7, 11) is 1.46.